The second kappa shape index (κ2) is 8.94. The van der Waals surface area contributed by atoms with Crippen molar-refractivity contribution in [1.29, 1.82) is 0 Å². The molecule has 2 aromatic rings. The quantitative estimate of drug-likeness (QED) is 0.741. The van der Waals surface area contributed by atoms with Crippen LogP contribution in [0.1, 0.15) is 18.9 Å². The number of hydrogen-bond donors (Lipinski definition) is 1. The maximum absolute atomic E-state index is 11.9. The molecule has 0 spiro atoms. The van der Waals surface area contributed by atoms with Crippen LogP contribution in [0, 0.1) is 0 Å². The number of halogens is 2. The number of ether oxygens (including phenoxy) is 1. The van der Waals surface area contributed by atoms with E-state index in [1.54, 1.807) is 18.2 Å². The summed E-state index contributed by atoms with van der Waals surface area (Å²) in [6, 6.07) is 15.5. The fraction of sp³-hybridized carbons (Fsp3) is 0.278. The van der Waals surface area contributed by atoms with Gasteiger partial charge in [0.1, 0.15) is 5.75 Å². The molecule has 122 valence electrons. The Bertz CT molecular complexity index is 649. The van der Waals surface area contributed by atoms with Gasteiger partial charge in [-0.2, -0.15) is 0 Å². The van der Waals surface area contributed by atoms with Crippen molar-refractivity contribution in [2.24, 2.45) is 0 Å². The maximum Gasteiger partial charge on any atom is 0.258 e. The topological polar surface area (TPSA) is 38.3 Å². The number of hydrogen-bond acceptors (Lipinski definition) is 2. The molecular weight excluding hydrogens is 378 g/mol. The van der Waals surface area contributed by atoms with Crippen molar-refractivity contribution in [3.05, 3.63) is 63.6 Å². The fourth-order valence-corrected chi connectivity index (χ4v) is 2.95. The van der Waals surface area contributed by atoms with Gasteiger partial charge in [-0.3, -0.25) is 4.79 Å². The largest absolute Gasteiger partial charge is 0.483 e. The Hall–Kier alpha value is -1.52. The molecule has 1 amide bonds. The highest BCUT2D eigenvalue weighted by Crippen LogP contribution is 2.27. The minimum atomic E-state index is -0.132. The molecule has 0 aliphatic rings. The Morgan fingerprint density at radius 2 is 2.00 bits per heavy atom. The van der Waals surface area contributed by atoms with E-state index in [0.29, 0.717) is 10.8 Å². The SMILES string of the molecule is CC(CCc1ccccc1)NC(=O)COc1ccc(Cl)cc1Br. The number of amides is 1. The van der Waals surface area contributed by atoms with Gasteiger partial charge in [-0.05, 0) is 59.5 Å². The minimum absolute atomic E-state index is 0.0179. The minimum Gasteiger partial charge on any atom is -0.483 e. The van der Waals surface area contributed by atoms with E-state index in [2.05, 4.69) is 33.4 Å². The number of benzene rings is 2. The van der Waals surface area contributed by atoms with E-state index in [0.717, 1.165) is 17.3 Å². The number of rotatable bonds is 7. The van der Waals surface area contributed by atoms with E-state index in [-0.39, 0.29) is 18.6 Å². The van der Waals surface area contributed by atoms with Gasteiger partial charge >= 0.3 is 0 Å². The lowest BCUT2D eigenvalue weighted by Gasteiger charge is -2.14. The first-order valence-corrected chi connectivity index (χ1v) is 8.63. The highest BCUT2D eigenvalue weighted by molar-refractivity contribution is 9.10. The third-order valence-corrected chi connectivity index (χ3v) is 4.22. The van der Waals surface area contributed by atoms with Crippen LogP contribution in [0.4, 0.5) is 0 Å². The number of nitrogens with one attached hydrogen (secondary N) is 1. The molecule has 1 unspecified atom stereocenters. The summed E-state index contributed by atoms with van der Waals surface area (Å²) in [5, 5.41) is 3.56. The molecule has 23 heavy (non-hydrogen) atoms. The highest BCUT2D eigenvalue weighted by atomic mass is 79.9. The van der Waals surface area contributed by atoms with E-state index in [1.807, 2.05) is 25.1 Å². The Morgan fingerprint density at radius 1 is 1.26 bits per heavy atom. The Morgan fingerprint density at radius 3 is 2.70 bits per heavy atom. The third kappa shape index (κ3) is 6.24. The predicted molar refractivity (Wildman–Crippen MR) is 97.0 cm³/mol. The van der Waals surface area contributed by atoms with Crippen molar-refractivity contribution < 1.29 is 9.53 Å². The Kier molecular flexibility index (Phi) is 6.93. The zero-order valence-corrected chi connectivity index (χ0v) is 15.2. The lowest BCUT2D eigenvalue weighted by atomic mass is 10.1. The summed E-state index contributed by atoms with van der Waals surface area (Å²) in [5.74, 6) is 0.467. The van der Waals surface area contributed by atoms with Crippen LogP contribution in [-0.2, 0) is 11.2 Å². The van der Waals surface area contributed by atoms with Crippen molar-refractivity contribution in [2.45, 2.75) is 25.8 Å². The normalized spacial score (nSPS) is 11.8. The summed E-state index contributed by atoms with van der Waals surface area (Å²) in [5.41, 5.74) is 1.27. The van der Waals surface area contributed by atoms with Crippen LogP contribution in [-0.4, -0.2) is 18.6 Å². The van der Waals surface area contributed by atoms with Crippen molar-refractivity contribution in [2.75, 3.05) is 6.61 Å². The molecule has 1 atom stereocenters. The van der Waals surface area contributed by atoms with Crippen LogP contribution in [0.2, 0.25) is 5.02 Å². The van der Waals surface area contributed by atoms with E-state index in [4.69, 9.17) is 16.3 Å². The predicted octanol–water partition coefficient (Wildman–Crippen LogP) is 4.62. The average molecular weight is 397 g/mol. The van der Waals surface area contributed by atoms with Gasteiger partial charge in [-0.15, -0.1) is 0 Å². The molecular formula is C18H19BrClNO2. The molecule has 0 aromatic heterocycles. The summed E-state index contributed by atoms with van der Waals surface area (Å²) in [7, 11) is 0. The number of aryl methyl sites for hydroxylation is 1. The zero-order valence-electron chi connectivity index (χ0n) is 12.9. The van der Waals surface area contributed by atoms with Gasteiger partial charge in [0.15, 0.2) is 6.61 Å². The first kappa shape index (κ1) is 17.8. The molecule has 0 radical (unpaired) electrons. The van der Waals surface area contributed by atoms with E-state index >= 15 is 0 Å². The summed E-state index contributed by atoms with van der Waals surface area (Å²) in [6.45, 7) is 1.98. The summed E-state index contributed by atoms with van der Waals surface area (Å²) in [6.07, 6.45) is 1.83. The monoisotopic (exact) mass is 395 g/mol. The van der Waals surface area contributed by atoms with Gasteiger partial charge in [0, 0.05) is 11.1 Å². The first-order valence-electron chi connectivity index (χ1n) is 7.45. The second-order valence-electron chi connectivity index (χ2n) is 5.36. The maximum atomic E-state index is 11.9. The first-order chi connectivity index (χ1) is 11.0. The molecule has 2 rings (SSSR count). The molecule has 0 aliphatic carbocycles. The van der Waals surface area contributed by atoms with Crippen LogP contribution in [0.5, 0.6) is 5.75 Å². The summed E-state index contributed by atoms with van der Waals surface area (Å²) < 4.78 is 6.23. The molecule has 0 saturated heterocycles. The third-order valence-electron chi connectivity index (χ3n) is 3.37. The van der Waals surface area contributed by atoms with E-state index in [9.17, 15) is 4.79 Å². The van der Waals surface area contributed by atoms with E-state index in [1.165, 1.54) is 5.56 Å². The smallest absolute Gasteiger partial charge is 0.258 e. The Labute approximate surface area is 150 Å². The number of carbonyl (C=O) groups is 1. The summed E-state index contributed by atoms with van der Waals surface area (Å²) in [4.78, 5) is 11.9. The van der Waals surface area contributed by atoms with Crippen molar-refractivity contribution in [3.8, 4) is 5.75 Å². The Balaban J connectivity index is 1.73. The standard InChI is InChI=1S/C18H19BrClNO2/c1-13(7-8-14-5-3-2-4-6-14)21-18(22)12-23-17-10-9-15(20)11-16(17)19/h2-6,9-11,13H,7-8,12H2,1H3,(H,21,22). The van der Waals surface area contributed by atoms with E-state index < -0.39 is 0 Å². The molecule has 0 bridgehead atoms. The molecule has 0 saturated carbocycles. The van der Waals surface area contributed by atoms with Crippen LogP contribution in [0.25, 0.3) is 0 Å². The van der Waals surface area contributed by atoms with Crippen molar-refractivity contribution >= 4 is 33.4 Å². The van der Waals surface area contributed by atoms with Crippen LogP contribution < -0.4 is 10.1 Å². The van der Waals surface area contributed by atoms with Gasteiger partial charge in [-0.25, -0.2) is 0 Å². The van der Waals surface area contributed by atoms with Crippen LogP contribution >= 0.6 is 27.5 Å². The number of carbonyl (C=O) groups excluding carboxylic acids is 1. The lowest BCUT2D eigenvalue weighted by Crippen LogP contribution is -2.36. The molecule has 3 nitrogen and oxygen atoms in total. The van der Waals surface area contributed by atoms with Crippen molar-refractivity contribution in [1.82, 2.24) is 5.32 Å². The second-order valence-corrected chi connectivity index (χ2v) is 6.65. The molecule has 0 aliphatic heterocycles. The molecule has 0 heterocycles. The van der Waals surface area contributed by atoms with Gasteiger partial charge in [0.25, 0.3) is 5.91 Å². The lowest BCUT2D eigenvalue weighted by molar-refractivity contribution is -0.123. The van der Waals surface area contributed by atoms with Crippen molar-refractivity contribution in [3.63, 3.8) is 0 Å². The van der Waals surface area contributed by atoms with Crippen LogP contribution in [0.15, 0.2) is 53.0 Å². The molecule has 1 N–H and O–H groups in total. The van der Waals surface area contributed by atoms with Gasteiger partial charge in [0.2, 0.25) is 0 Å². The van der Waals surface area contributed by atoms with Gasteiger partial charge < -0.3 is 10.1 Å². The van der Waals surface area contributed by atoms with Crippen LogP contribution in [0.3, 0.4) is 0 Å². The molecule has 0 fully saturated rings. The fourth-order valence-electron chi connectivity index (χ4n) is 2.15. The molecule has 2 aromatic carbocycles. The zero-order chi connectivity index (χ0) is 16.7. The highest BCUT2D eigenvalue weighted by Gasteiger charge is 2.09. The average Bonchev–Trinajstić information content (AvgIpc) is 2.53. The van der Waals surface area contributed by atoms with Gasteiger partial charge in [-0.1, -0.05) is 41.9 Å². The van der Waals surface area contributed by atoms with Gasteiger partial charge in [0.05, 0.1) is 4.47 Å². The summed E-state index contributed by atoms with van der Waals surface area (Å²) >= 11 is 9.23. The molecule has 5 heteroatoms.